The molecule has 0 bridgehead atoms. The molecule has 0 aliphatic rings. The van der Waals surface area contributed by atoms with E-state index in [2.05, 4.69) is 13.8 Å². The predicted octanol–water partition coefficient (Wildman–Crippen LogP) is 13.9. The Morgan fingerprint density at radius 2 is 1.02 bits per heavy atom. The minimum absolute atomic E-state index is 0.0841. The molecule has 66 heavy (non-hydrogen) atoms. The second-order valence-electron chi connectivity index (χ2n) is 17.1. The first-order valence-electron chi connectivity index (χ1n) is 22.1. The van der Waals surface area contributed by atoms with E-state index >= 15 is 0 Å². The summed E-state index contributed by atoms with van der Waals surface area (Å²) in [6.45, 7) is 7.98. The minimum Gasteiger partial charge on any atom is -0.457 e. The zero-order valence-corrected chi connectivity index (χ0v) is 38.1. The fourth-order valence-electron chi connectivity index (χ4n) is 7.73. The Balaban J connectivity index is 1.25. The van der Waals surface area contributed by atoms with Gasteiger partial charge in [0.2, 0.25) is 0 Å². The van der Waals surface area contributed by atoms with Crippen LogP contribution in [0.2, 0.25) is 0 Å². The molecule has 0 saturated carbocycles. The molecule has 338 valence electrons. The van der Waals surface area contributed by atoms with Gasteiger partial charge in [-0.3, -0.25) is 14.4 Å². The van der Waals surface area contributed by atoms with Gasteiger partial charge in [-0.2, -0.15) is 0 Å². The zero-order chi connectivity index (χ0) is 47.2. The van der Waals surface area contributed by atoms with E-state index in [0.29, 0.717) is 80.3 Å². The summed E-state index contributed by atoms with van der Waals surface area (Å²) in [6, 6.07) is 41.3. The Bertz CT molecular complexity index is 2940. The normalized spacial score (nSPS) is 13.0. The van der Waals surface area contributed by atoms with Crippen molar-refractivity contribution in [1.82, 2.24) is 0 Å². The standard InChI is InChI=1S/C56H52F2O7S/c1-5-36(3)7-8-45-33-46(22-32-53(45)65-49-27-29-50(30-28-49)66(62,63,64)35-37(4)6-2)56(61)52-34-44(38-9-13-40(14-10-38)54(59)42-17-23-47(57)24-18-42)21-31-51(52)39-11-15-41(16-12-39)55(60)43-19-25-48(58)26-20-43/h9-34,36-37H,5-8,35H2,1-4H3,(H2,62,63,64). The molecule has 7 rings (SSSR count). The third-order valence-corrected chi connectivity index (χ3v) is 14.5. The maximum absolute atomic E-state index is 14.9. The van der Waals surface area contributed by atoms with E-state index in [0.717, 1.165) is 24.0 Å². The highest BCUT2D eigenvalue weighted by atomic mass is 32.3. The molecule has 0 spiro atoms. The number of halogens is 2. The highest BCUT2D eigenvalue weighted by molar-refractivity contribution is 8.10. The van der Waals surface area contributed by atoms with E-state index < -0.39 is 21.3 Å². The van der Waals surface area contributed by atoms with E-state index in [1.54, 1.807) is 72.8 Å². The summed E-state index contributed by atoms with van der Waals surface area (Å²) in [5.41, 5.74) is 5.86. The largest absolute Gasteiger partial charge is 0.457 e. The molecule has 7 aromatic rings. The molecule has 0 amide bonds. The Kier molecular flexibility index (Phi) is 14.2. The molecule has 0 saturated heterocycles. The monoisotopic (exact) mass is 906 g/mol. The Hall–Kier alpha value is -6.72. The number of hydrogen-bond donors (Lipinski definition) is 2. The van der Waals surface area contributed by atoms with E-state index in [-0.39, 0.29) is 33.9 Å². The molecule has 0 aromatic heterocycles. The maximum atomic E-state index is 14.9. The van der Waals surface area contributed by atoms with Gasteiger partial charge in [-0.25, -0.2) is 13.0 Å². The van der Waals surface area contributed by atoms with Crippen molar-refractivity contribution < 1.29 is 41.2 Å². The summed E-state index contributed by atoms with van der Waals surface area (Å²) in [4.78, 5) is 41.3. The molecule has 0 aliphatic carbocycles. The number of hydrogen-bond acceptors (Lipinski definition) is 5. The molecule has 0 radical (unpaired) electrons. The molecule has 0 fully saturated rings. The molecule has 2 atom stereocenters. The van der Waals surface area contributed by atoms with Crippen LogP contribution >= 0.6 is 0 Å². The van der Waals surface area contributed by atoms with Crippen molar-refractivity contribution in [2.75, 3.05) is 5.75 Å². The van der Waals surface area contributed by atoms with Gasteiger partial charge >= 0.3 is 0 Å². The fourth-order valence-corrected chi connectivity index (χ4v) is 9.86. The van der Waals surface area contributed by atoms with Crippen LogP contribution < -0.4 is 4.74 Å². The van der Waals surface area contributed by atoms with Crippen LogP contribution in [0.1, 0.15) is 100 Å². The molecule has 2 unspecified atom stereocenters. The van der Waals surface area contributed by atoms with Gasteiger partial charge in [-0.15, -0.1) is 0 Å². The summed E-state index contributed by atoms with van der Waals surface area (Å²) in [5, 5.41) is 0. The molecular weight excluding hydrogens is 855 g/mol. The number of carbonyl (C=O) groups is 3. The van der Waals surface area contributed by atoms with E-state index in [1.807, 2.05) is 38.1 Å². The van der Waals surface area contributed by atoms with Gasteiger partial charge in [0, 0.05) is 33.4 Å². The summed E-state index contributed by atoms with van der Waals surface area (Å²) in [7, 11) is -5.07. The molecule has 2 N–H and O–H groups in total. The lowest BCUT2D eigenvalue weighted by Gasteiger charge is -2.33. The predicted molar refractivity (Wildman–Crippen MR) is 257 cm³/mol. The number of benzene rings is 7. The smallest absolute Gasteiger partial charge is 0.193 e. The van der Waals surface area contributed by atoms with Crippen LogP contribution in [0.5, 0.6) is 11.5 Å². The third-order valence-electron chi connectivity index (χ3n) is 12.1. The van der Waals surface area contributed by atoms with E-state index in [1.165, 1.54) is 60.7 Å². The second kappa shape index (κ2) is 19.8. The van der Waals surface area contributed by atoms with Gasteiger partial charge in [0.1, 0.15) is 32.8 Å². The maximum Gasteiger partial charge on any atom is 0.193 e. The first-order chi connectivity index (χ1) is 31.5. The molecule has 10 heteroatoms. The molecule has 7 aromatic carbocycles. The van der Waals surface area contributed by atoms with Crippen molar-refractivity contribution in [2.45, 2.75) is 58.3 Å². The van der Waals surface area contributed by atoms with Crippen LogP contribution in [0.25, 0.3) is 22.3 Å². The summed E-state index contributed by atoms with van der Waals surface area (Å²) in [5.74, 6) is -0.837. The Morgan fingerprint density at radius 1 is 0.545 bits per heavy atom. The third kappa shape index (κ3) is 11.0. The highest BCUT2D eigenvalue weighted by Gasteiger charge is 2.34. The Morgan fingerprint density at radius 3 is 1.53 bits per heavy atom. The van der Waals surface area contributed by atoms with Crippen molar-refractivity contribution in [3.05, 3.63) is 208 Å². The first-order valence-corrected chi connectivity index (χ1v) is 24.1. The quantitative estimate of drug-likeness (QED) is 0.0823. The van der Waals surface area contributed by atoms with Crippen molar-refractivity contribution in [3.8, 4) is 33.8 Å². The average Bonchev–Trinajstić information content (AvgIpc) is 3.33. The van der Waals surface area contributed by atoms with Crippen LogP contribution in [-0.2, 0) is 16.0 Å². The number of carbonyl (C=O) groups excluding carboxylic acids is 3. The van der Waals surface area contributed by atoms with Crippen LogP contribution in [-0.4, -0.2) is 36.4 Å². The lowest BCUT2D eigenvalue weighted by atomic mass is 9.89. The van der Waals surface area contributed by atoms with Crippen LogP contribution in [0.15, 0.2) is 163 Å². The van der Waals surface area contributed by atoms with Crippen LogP contribution in [0.4, 0.5) is 8.78 Å². The van der Waals surface area contributed by atoms with E-state index in [4.69, 9.17) is 4.74 Å². The number of ether oxygens (including phenoxy) is 1. The van der Waals surface area contributed by atoms with Gasteiger partial charge in [-0.1, -0.05) is 101 Å². The second-order valence-corrected chi connectivity index (χ2v) is 19.9. The number of rotatable bonds is 18. The summed E-state index contributed by atoms with van der Waals surface area (Å²) < 4.78 is 68.4. The lowest BCUT2D eigenvalue weighted by Crippen LogP contribution is -2.38. The fraction of sp³-hybridized carbons (Fsp3) is 0.196. The number of aryl methyl sites for hydroxylation is 1. The Labute approximate surface area is 384 Å². The van der Waals surface area contributed by atoms with Crippen molar-refractivity contribution in [1.29, 1.82) is 0 Å². The molecule has 0 aliphatic heterocycles. The topological polar surface area (TPSA) is 118 Å². The highest BCUT2D eigenvalue weighted by Crippen LogP contribution is 2.37. The first kappa shape index (κ1) is 47.2. The van der Waals surface area contributed by atoms with Crippen LogP contribution in [0.3, 0.4) is 0 Å². The van der Waals surface area contributed by atoms with E-state index in [9.17, 15) is 36.5 Å². The van der Waals surface area contributed by atoms with Crippen molar-refractivity contribution in [3.63, 3.8) is 0 Å². The van der Waals surface area contributed by atoms with Crippen molar-refractivity contribution >= 4 is 27.0 Å². The average molecular weight is 907 g/mol. The zero-order valence-electron chi connectivity index (χ0n) is 37.3. The lowest BCUT2D eigenvalue weighted by molar-refractivity contribution is 0.103. The minimum atomic E-state index is -5.07. The van der Waals surface area contributed by atoms with Gasteiger partial charge < -0.3 is 13.8 Å². The molecule has 0 heterocycles. The summed E-state index contributed by atoms with van der Waals surface area (Å²) >= 11 is 0. The van der Waals surface area contributed by atoms with Gasteiger partial charge in [0.15, 0.2) is 17.3 Å². The van der Waals surface area contributed by atoms with Gasteiger partial charge in [0.05, 0.1) is 10.6 Å². The molecular formula is C56H52F2O7S. The SMILES string of the molecule is CCC(C)CCc1cc(C(=O)c2cc(-c3ccc(C(=O)c4ccc(F)cc4)cc3)ccc2-c2ccc(C(=O)c3ccc(F)cc3)cc2)ccc1Oc1ccc(S(=O)(O)(O)CC(C)CC)cc1. The van der Waals surface area contributed by atoms with Gasteiger partial charge in [0.25, 0.3) is 0 Å². The van der Waals surface area contributed by atoms with Crippen molar-refractivity contribution in [2.24, 2.45) is 11.8 Å². The summed E-state index contributed by atoms with van der Waals surface area (Å²) in [6.07, 6.45) is 3.01. The molecule has 7 nitrogen and oxygen atoms in total. The number of ketones is 3. The van der Waals surface area contributed by atoms with Crippen LogP contribution in [0, 0.1) is 23.5 Å². The van der Waals surface area contributed by atoms with Gasteiger partial charge in [-0.05, 0) is 150 Å².